The normalized spacial score (nSPS) is 24.1. The highest BCUT2D eigenvalue weighted by atomic mass is 16.2. The van der Waals surface area contributed by atoms with Crippen molar-refractivity contribution in [3.63, 3.8) is 0 Å². The van der Waals surface area contributed by atoms with Gasteiger partial charge in [0.2, 0.25) is 11.8 Å². The van der Waals surface area contributed by atoms with Crippen molar-refractivity contribution in [2.45, 2.75) is 52.0 Å². The van der Waals surface area contributed by atoms with Gasteiger partial charge >= 0.3 is 0 Å². The zero-order valence-corrected chi connectivity index (χ0v) is 12.7. The van der Waals surface area contributed by atoms with Crippen LogP contribution in [-0.4, -0.2) is 53.8 Å². The molecule has 0 radical (unpaired) electrons. The van der Waals surface area contributed by atoms with Crippen LogP contribution in [0.25, 0.3) is 0 Å². The number of carbonyl (C=O) groups excluding carboxylic acids is 2. The number of rotatable bonds is 5. The first-order valence-corrected chi connectivity index (χ1v) is 7.73. The van der Waals surface area contributed by atoms with E-state index in [-0.39, 0.29) is 29.8 Å². The highest BCUT2D eigenvalue weighted by Gasteiger charge is 2.40. The minimum atomic E-state index is -0.187. The van der Waals surface area contributed by atoms with Gasteiger partial charge in [0, 0.05) is 13.1 Å². The van der Waals surface area contributed by atoms with Gasteiger partial charge in [-0.1, -0.05) is 13.8 Å². The van der Waals surface area contributed by atoms with Crippen LogP contribution in [0.3, 0.4) is 0 Å². The van der Waals surface area contributed by atoms with Crippen LogP contribution in [0.1, 0.15) is 46.0 Å². The van der Waals surface area contributed by atoms with Crippen LogP contribution in [0.2, 0.25) is 0 Å². The van der Waals surface area contributed by atoms with Gasteiger partial charge < -0.3 is 15.5 Å². The molecule has 2 saturated heterocycles. The molecule has 2 aliphatic rings. The fraction of sp³-hybridized carbons (Fsp3) is 0.867. The lowest BCUT2D eigenvalue weighted by atomic mass is 9.88. The molecule has 0 aromatic carbocycles. The van der Waals surface area contributed by atoms with E-state index in [1.807, 2.05) is 0 Å². The van der Waals surface area contributed by atoms with Crippen molar-refractivity contribution >= 4 is 11.8 Å². The summed E-state index contributed by atoms with van der Waals surface area (Å²) in [7, 11) is 0. The van der Waals surface area contributed by atoms with Gasteiger partial charge in [-0.25, -0.2) is 0 Å². The summed E-state index contributed by atoms with van der Waals surface area (Å²) in [5.41, 5.74) is 5.83. The number of carbonyl (C=O) groups is 2. The second kappa shape index (κ2) is 6.12. The van der Waals surface area contributed by atoms with Gasteiger partial charge in [-0.15, -0.1) is 0 Å². The van der Waals surface area contributed by atoms with Crippen molar-refractivity contribution in [1.82, 2.24) is 9.80 Å². The van der Waals surface area contributed by atoms with Gasteiger partial charge in [0.25, 0.3) is 0 Å². The first-order valence-electron chi connectivity index (χ1n) is 7.73. The molecule has 0 spiro atoms. The van der Waals surface area contributed by atoms with Crippen molar-refractivity contribution in [3.05, 3.63) is 0 Å². The van der Waals surface area contributed by atoms with E-state index in [2.05, 4.69) is 13.8 Å². The summed E-state index contributed by atoms with van der Waals surface area (Å²) >= 11 is 0. The third kappa shape index (κ3) is 3.32. The maximum absolute atomic E-state index is 12.4. The van der Waals surface area contributed by atoms with Crippen molar-refractivity contribution in [1.29, 1.82) is 0 Å². The van der Waals surface area contributed by atoms with Crippen molar-refractivity contribution in [2.75, 3.05) is 26.2 Å². The molecule has 2 amide bonds. The van der Waals surface area contributed by atoms with E-state index in [4.69, 9.17) is 5.73 Å². The quantitative estimate of drug-likeness (QED) is 0.816. The summed E-state index contributed by atoms with van der Waals surface area (Å²) in [6.07, 6.45) is 4.80. The molecule has 2 rings (SSSR count). The first-order chi connectivity index (χ1) is 9.44. The van der Waals surface area contributed by atoms with Gasteiger partial charge in [-0.2, -0.15) is 0 Å². The zero-order valence-electron chi connectivity index (χ0n) is 12.7. The number of hydrogen-bond donors (Lipinski definition) is 1. The molecule has 0 aliphatic carbocycles. The summed E-state index contributed by atoms with van der Waals surface area (Å²) in [5, 5.41) is 0. The van der Waals surface area contributed by atoms with Crippen molar-refractivity contribution in [2.24, 2.45) is 11.1 Å². The second-order valence-electron chi connectivity index (χ2n) is 6.83. The average molecular weight is 281 g/mol. The Kier molecular flexibility index (Phi) is 4.68. The molecular formula is C15H27N3O2. The van der Waals surface area contributed by atoms with E-state index in [0.29, 0.717) is 13.1 Å². The van der Waals surface area contributed by atoms with Crippen LogP contribution in [0.15, 0.2) is 0 Å². The molecule has 20 heavy (non-hydrogen) atoms. The molecule has 2 N–H and O–H groups in total. The van der Waals surface area contributed by atoms with E-state index in [9.17, 15) is 9.59 Å². The van der Waals surface area contributed by atoms with E-state index in [1.165, 1.54) is 0 Å². The fourth-order valence-corrected chi connectivity index (χ4v) is 3.07. The van der Waals surface area contributed by atoms with E-state index in [0.717, 1.165) is 38.6 Å². The Hall–Kier alpha value is -1.10. The Morgan fingerprint density at radius 2 is 2.05 bits per heavy atom. The lowest BCUT2D eigenvalue weighted by Crippen LogP contribution is -2.61. The van der Waals surface area contributed by atoms with Gasteiger partial charge in [-0.05, 0) is 44.1 Å². The topological polar surface area (TPSA) is 66.6 Å². The van der Waals surface area contributed by atoms with Crippen LogP contribution in [0.4, 0.5) is 0 Å². The standard InChI is InChI=1S/C15H27N3O2/c1-15(2,11-16)7-5-8-17-10-13(19)18-9-4-3-6-12(18)14(17)20/h12H,3-11,16H2,1-2H3. The first kappa shape index (κ1) is 15.3. The lowest BCUT2D eigenvalue weighted by molar-refractivity contribution is -0.157. The predicted octanol–water partition coefficient (Wildman–Crippen LogP) is 0.975. The molecule has 5 nitrogen and oxygen atoms in total. The summed E-state index contributed by atoms with van der Waals surface area (Å²) in [6, 6.07) is -0.187. The maximum atomic E-state index is 12.4. The Labute approximate surface area is 121 Å². The molecule has 0 saturated carbocycles. The SMILES string of the molecule is CC(C)(CN)CCCN1CC(=O)N2CCCCC2C1=O. The molecule has 2 fully saturated rings. The Bertz CT molecular complexity index is 381. The second-order valence-corrected chi connectivity index (χ2v) is 6.83. The summed E-state index contributed by atoms with van der Waals surface area (Å²) in [5.74, 6) is 0.266. The minimum Gasteiger partial charge on any atom is -0.332 e. The maximum Gasteiger partial charge on any atom is 0.245 e. The number of nitrogens with zero attached hydrogens (tertiary/aromatic N) is 2. The van der Waals surface area contributed by atoms with Crippen LogP contribution in [0.5, 0.6) is 0 Å². The van der Waals surface area contributed by atoms with Crippen LogP contribution < -0.4 is 5.73 Å². The molecule has 5 heteroatoms. The number of piperidine rings is 1. The summed E-state index contributed by atoms with van der Waals surface area (Å²) in [6.45, 7) is 6.62. The molecule has 114 valence electrons. The zero-order chi connectivity index (χ0) is 14.8. The van der Waals surface area contributed by atoms with E-state index >= 15 is 0 Å². The van der Waals surface area contributed by atoms with Crippen molar-refractivity contribution in [3.8, 4) is 0 Å². The number of amides is 2. The molecule has 0 bridgehead atoms. The average Bonchev–Trinajstić information content (AvgIpc) is 2.44. The Morgan fingerprint density at radius 3 is 2.75 bits per heavy atom. The summed E-state index contributed by atoms with van der Waals surface area (Å²) in [4.78, 5) is 28.1. The predicted molar refractivity (Wildman–Crippen MR) is 78.0 cm³/mol. The van der Waals surface area contributed by atoms with Crippen LogP contribution in [0, 0.1) is 5.41 Å². The third-order valence-corrected chi connectivity index (χ3v) is 4.58. The van der Waals surface area contributed by atoms with Gasteiger partial charge in [0.15, 0.2) is 0 Å². The molecular weight excluding hydrogens is 254 g/mol. The van der Waals surface area contributed by atoms with Gasteiger partial charge in [0.05, 0.1) is 6.54 Å². The molecule has 0 aromatic rings. The van der Waals surface area contributed by atoms with Crippen molar-refractivity contribution < 1.29 is 9.59 Å². The number of hydrogen-bond acceptors (Lipinski definition) is 3. The fourth-order valence-electron chi connectivity index (χ4n) is 3.07. The smallest absolute Gasteiger partial charge is 0.245 e. The highest BCUT2D eigenvalue weighted by molar-refractivity contribution is 5.95. The summed E-state index contributed by atoms with van der Waals surface area (Å²) < 4.78 is 0. The molecule has 1 unspecified atom stereocenters. The van der Waals surface area contributed by atoms with Crippen LogP contribution >= 0.6 is 0 Å². The molecule has 2 aliphatic heterocycles. The van der Waals surface area contributed by atoms with E-state index in [1.54, 1.807) is 9.80 Å². The van der Waals surface area contributed by atoms with Gasteiger partial charge in [0.1, 0.15) is 6.04 Å². The monoisotopic (exact) mass is 281 g/mol. The Balaban J connectivity index is 1.89. The third-order valence-electron chi connectivity index (χ3n) is 4.58. The number of nitrogens with two attached hydrogens (primary N) is 1. The van der Waals surface area contributed by atoms with E-state index < -0.39 is 0 Å². The Morgan fingerprint density at radius 1 is 1.30 bits per heavy atom. The molecule has 1 atom stereocenters. The molecule has 0 aromatic heterocycles. The molecule has 2 heterocycles. The van der Waals surface area contributed by atoms with Crippen LogP contribution in [-0.2, 0) is 9.59 Å². The van der Waals surface area contributed by atoms with Gasteiger partial charge in [-0.3, -0.25) is 9.59 Å². The number of fused-ring (bicyclic) bond motifs is 1. The minimum absolute atomic E-state index is 0.111. The number of piperazine rings is 1. The lowest BCUT2D eigenvalue weighted by Gasteiger charge is -2.43. The largest absolute Gasteiger partial charge is 0.332 e. The highest BCUT2D eigenvalue weighted by Crippen LogP contribution is 2.25.